The van der Waals surface area contributed by atoms with Crippen LogP contribution in [0.1, 0.15) is 5.56 Å². The highest BCUT2D eigenvalue weighted by atomic mass is 79.9. The largest absolute Gasteiger partial charge is 0.268 e. The molecule has 0 fully saturated rings. The molecule has 0 bridgehead atoms. The fraction of sp³-hybridized carbons (Fsp3) is 0.0625. The second-order valence-electron chi connectivity index (χ2n) is 4.57. The lowest BCUT2D eigenvalue weighted by Gasteiger charge is -2.02. The minimum absolute atomic E-state index is 0.771. The Hall–Kier alpha value is -1.39. The highest BCUT2D eigenvalue weighted by Gasteiger charge is 2.03. The average molecular weight is 392 g/mol. The van der Waals surface area contributed by atoms with Gasteiger partial charge in [-0.15, -0.1) is 0 Å². The molecule has 0 N–H and O–H groups in total. The molecule has 1 aromatic heterocycles. The van der Waals surface area contributed by atoms with Crippen molar-refractivity contribution in [2.45, 2.75) is 6.54 Å². The molecule has 2 nitrogen and oxygen atoms in total. The molecule has 2 aromatic carbocycles. The van der Waals surface area contributed by atoms with Crippen molar-refractivity contribution < 1.29 is 0 Å². The van der Waals surface area contributed by atoms with Gasteiger partial charge in [0.05, 0.1) is 12.7 Å². The van der Waals surface area contributed by atoms with E-state index in [1.807, 2.05) is 35.1 Å². The van der Waals surface area contributed by atoms with Gasteiger partial charge in [0, 0.05) is 20.7 Å². The van der Waals surface area contributed by atoms with Crippen LogP contribution in [0.5, 0.6) is 0 Å². The lowest BCUT2D eigenvalue weighted by Crippen LogP contribution is -1.99. The molecule has 0 spiro atoms. The zero-order valence-electron chi connectivity index (χ0n) is 10.6. The Balaban J connectivity index is 1.84. The average Bonchev–Trinajstić information content (AvgIpc) is 2.87. The summed E-state index contributed by atoms with van der Waals surface area (Å²) in [5, 5.41) is 4.43. The lowest BCUT2D eigenvalue weighted by molar-refractivity contribution is 0.687. The molecule has 0 aliphatic rings. The van der Waals surface area contributed by atoms with Crippen LogP contribution in [0.3, 0.4) is 0 Å². The third-order valence-electron chi connectivity index (χ3n) is 3.02. The van der Waals surface area contributed by atoms with E-state index in [1.54, 1.807) is 0 Å². The molecule has 3 rings (SSSR count). The van der Waals surface area contributed by atoms with Gasteiger partial charge in [0.25, 0.3) is 0 Å². The molecule has 0 radical (unpaired) electrons. The second kappa shape index (κ2) is 5.94. The Labute approximate surface area is 134 Å². The topological polar surface area (TPSA) is 17.8 Å². The van der Waals surface area contributed by atoms with E-state index >= 15 is 0 Å². The first-order chi connectivity index (χ1) is 9.70. The van der Waals surface area contributed by atoms with E-state index in [0.29, 0.717) is 0 Å². The first-order valence-electron chi connectivity index (χ1n) is 6.23. The van der Waals surface area contributed by atoms with Gasteiger partial charge in [0.1, 0.15) is 0 Å². The first-order valence-corrected chi connectivity index (χ1v) is 7.82. The summed E-state index contributed by atoms with van der Waals surface area (Å²) in [4.78, 5) is 0. The van der Waals surface area contributed by atoms with Gasteiger partial charge in [-0.05, 0) is 35.4 Å². The molecule has 0 unspecified atom stereocenters. The van der Waals surface area contributed by atoms with Gasteiger partial charge in [0.15, 0.2) is 0 Å². The molecule has 100 valence electrons. The third-order valence-corrected chi connectivity index (χ3v) is 4.01. The molecule has 0 amide bonds. The zero-order chi connectivity index (χ0) is 13.9. The molecule has 20 heavy (non-hydrogen) atoms. The van der Waals surface area contributed by atoms with Crippen LogP contribution in [0.2, 0.25) is 0 Å². The maximum Gasteiger partial charge on any atom is 0.0660 e. The Kier molecular flexibility index (Phi) is 4.03. The van der Waals surface area contributed by atoms with Crippen molar-refractivity contribution in [2.24, 2.45) is 0 Å². The van der Waals surface area contributed by atoms with Crippen molar-refractivity contribution >= 4 is 31.9 Å². The van der Waals surface area contributed by atoms with Gasteiger partial charge >= 0.3 is 0 Å². The van der Waals surface area contributed by atoms with Crippen molar-refractivity contribution in [3.05, 3.63) is 75.4 Å². The summed E-state index contributed by atoms with van der Waals surface area (Å²) in [5.41, 5.74) is 3.52. The number of rotatable bonds is 3. The van der Waals surface area contributed by atoms with E-state index in [-0.39, 0.29) is 0 Å². The fourth-order valence-electron chi connectivity index (χ4n) is 2.09. The van der Waals surface area contributed by atoms with Crippen LogP contribution in [-0.2, 0) is 6.54 Å². The minimum Gasteiger partial charge on any atom is -0.268 e. The van der Waals surface area contributed by atoms with Gasteiger partial charge in [-0.1, -0.05) is 56.1 Å². The Bertz CT molecular complexity index is 735. The first kappa shape index (κ1) is 13.6. The van der Waals surface area contributed by atoms with Crippen molar-refractivity contribution in [3.8, 4) is 11.1 Å². The zero-order valence-corrected chi connectivity index (χ0v) is 13.8. The number of nitrogens with zero attached hydrogens (tertiary/aromatic N) is 2. The van der Waals surface area contributed by atoms with Crippen molar-refractivity contribution in [2.75, 3.05) is 0 Å². The standard InChI is InChI=1S/C16H12Br2N2/c17-15-5-1-3-12(7-15)10-20-11-14(9-19-20)13-4-2-6-16(18)8-13/h1-9,11H,10H2. The lowest BCUT2D eigenvalue weighted by atomic mass is 10.1. The molecule has 0 saturated heterocycles. The number of hydrogen-bond acceptors (Lipinski definition) is 1. The Morgan fingerprint density at radius 1 is 0.900 bits per heavy atom. The van der Waals surface area contributed by atoms with Gasteiger partial charge in [-0.3, -0.25) is 4.68 Å². The molecule has 0 saturated carbocycles. The quantitative estimate of drug-likeness (QED) is 0.605. The number of benzene rings is 2. The van der Waals surface area contributed by atoms with Crippen LogP contribution in [-0.4, -0.2) is 9.78 Å². The summed E-state index contributed by atoms with van der Waals surface area (Å²) in [6.45, 7) is 0.771. The van der Waals surface area contributed by atoms with E-state index in [0.717, 1.165) is 21.1 Å². The summed E-state index contributed by atoms with van der Waals surface area (Å²) in [5.74, 6) is 0. The predicted octanol–water partition coefficient (Wildman–Crippen LogP) is 5.12. The van der Waals surface area contributed by atoms with Crippen LogP contribution in [0.15, 0.2) is 69.9 Å². The minimum atomic E-state index is 0.771. The van der Waals surface area contributed by atoms with Crippen LogP contribution < -0.4 is 0 Å². The maximum atomic E-state index is 4.43. The Morgan fingerprint density at radius 3 is 2.40 bits per heavy atom. The number of hydrogen-bond donors (Lipinski definition) is 0. The number of halogens is 2. The molecule has 3 aromatic rings. The SMILES string of the molecule is Brc1cccc(Cn2cc(-c3cccc(Br)c3)cn2)c1. The van der Waals surface area contributed by atoms with Crippen LogP contribution in [0.25, 0.3) is 11.1 Å². The van der Waals surface area contributed by atoms with Crippen molar-refractivity contribution in [3.63, 3.8) is 0 Å². The van der Waals surface area contributed by atoms with Gasteiger partial charge in [-0.25, -0.2) is 0 Å². The van der Waals surface area contributed by atoms with E-state index in [4.69, 9.17) is 0 Å². The molecule has 1 heterocycles. The molecule has 4 heteroatoms. The predicted molar refractivity (Wildman–Crippen MR) is 88.6 cm³/mol. The van der Waals surface area contributed by atoms with Crippen LogP contribution in [0.4, 0.5) is 0 Å². The van der Waals surface area contributed by atoms with Gasteiger partial charge in [-0.2, -0.15) is 5.10 Å². The molecular weight excluding hydrogens is 380 g/mol. The highest BCUT2D eigenvalue weighted by molar-refractivity contribution is 9.10. The summed E-state index contributed by atoms with van der Waals surface area (Å²) < 4.78 is 4.13. The van der Waals surface area contributed by atoms with Gasteiger partial charge < -0.3 is 0 Å². The third kappa shape index (κ3) is 3.19. The highest BCUT2D eigenvalue weighted by Crippen LogP contribution is 2.22. The molecule has 0 aliphatic heterocycles. The molecule has 0 aliphatic carbocycles. The normalized spacial score (nSPS) is 10.7. The second-order valence-corrected chi connectivity index (χ2v) is 6.40. The van der Waals surface area contributed by atoms with E-state index < -0.39 is 0 Å². The summed E-state index contributed by atoms with van der Waals surface area (Å²) in [6, 6.07) is 16.5. The van der Waals surface area contributed by atoms with Crippen LogP contribution >= 0.6 is 31.9 Å². The van der Waals surface area contributed by atoms with Crippen molar-refractivity contribution in [1.82, 2.24) is 9.78 Å². The monoisotopic (exact) mass is 390 g/mol. The van der Waals surface area contributed by atoms with Crippen molar-refractivity contribution in [1.29, 1.82) is 0 Å². The smallest absolute Gasteiger partial charge is 0.0660 e. The van der Waals surface area contributed by atoms with Crippen LogP contribution in [0, 0.1) is 0 Å². The summed E-state index contributed by atoms with van der Waals surface area (Å²) >= 11 is 6.99. The molecular formula is C16H12Br2N2. The van der Waals surface area contributed by atoms with E-state index in [2.05, 4.69) is 67.4 Å². The summed E-state index contributed by atoms with van der Waals surface area (Å²) in [6.07, 6.45) is 3.97. The Morgan fingerprint density at radius 2 is 1.65 bits per heavy atom. The summed E-state index contributed by atoms with van der Waals surface area (Å²) in [7, 11) is 0. The number of aromatic nitrogens is 2. The maximum absolute atomic E-state index is 4.43. The van der Waals surface area contributed by atoms with E-state index in [1.165, 1.54) is 11.1 Å². The van der Waals surface area contributed by atoms with E-state index in [9.17, 15) is 0 Å². The molecule has 0 atom stereocenters. The van der Waals surface area contributed by atoms with Gasteiger partial charge in [0.2, 0.25) is 0 Å². The fourth-order valence-corrected chi connectivity index (χ4v) is 2.94.